The van der Waals surface area contributed by atoms with Gasteiger partial charge in [0.05, 0.1) is 12.2 Å². The number of pyridine rings is 1. The van der Waals surface area contributed by atoms with Gasteiger partial charge < -0.3 is 10.6 Å². The molecule has 7 nitrogen and oxygen atoms in total. The Balaban J connectivity index is 1.53. The Bertz CT molecular complexity index is 1330. The fourth-order valence-corrected chi connectivity index (χ4v) is 4.16. The van der Waals surface area contributed by atoms with Gasteiger partial charge >= 0.3 is 0 Å². The first-order valence-electron chi connectivity index (χ1n) is 10.3. The SMILES string of the molecule is Cc1cccnc1C(N)=Nc1cnn2ccc(N3CCC[C@@H]3c3cc(F)ccc3F)nc12. The lowest BCUT2D eigenvalue weighted by Crippen LogP contribution is -2.24. The van der Waals surface area contributed by atoms with Crippen molar-refractivity contribution in [2.75, 3.05) is 11.4 Å². The van der Waals surface area contributed by atoms with E-state index in [0.29, 0.717) is 41.4 Å². The largest absolute Gasteiger partial charge is 0.382 e. The third-order valence-electron chi connectivity index (χ3n) is 5.69. The van der Waals surface area contributed by atoms with Crippen molar-refractivity contribution in [2.24, 2.45) is 10.7 Å². The number of aryl methyl sites for hydroxylation is 1. The lowest BCUT2D eigenvalue weighted by molar-refractivity contribution is 0.560. The van der Waals surface area contributed by atoms with Gasteiger partial charge in [-0.25, -0.2) is 23.3 Å². The molecule has 32 heavy (non-hydrogen) atoms. The summed E-state index contributed by atoms with van der Waals surface area (Å²) in [6.45, 7) is 2.60. The second-order valence-electron chi connectivity index (χ2n) is 7.77. The van der Waals surface area contributed by atoms with E-state index in [2.05, 4.69) is 15.1 Å². The van der Waals surface area contributed by atoms with Crippen molar-refractivity contribution < 1.29 is 8.78 Å². The number of hydrogen-bond donors (Lipinski definition) is 1. The molecule has 4 heterocycles. The summed E-state index contributed by atoms with van der Waals surface area (Å²) < 4.78 is 29.9. The number of aromatic nitrogens is 4. The summed E-state index contributed by atoms with van der Waals surface area (Å²) in [5.41, 5.74) is 9.07. The molecule has 1 aliphatic rings. The van der Waals surface area contributed by atoms with E-state index in [-0.39, 0.29) is 11.9 Å². The van der Waals surface area contributed by atoms with Crippen LogP contribution in [0, 0.1) is 18.6 Å². The Hall–Kier alpha value is -3.88. The van der Waals surface area contributed by atoms with Gasteiger partial charge in [-0.05, 0) is 55.7 Å². The van der Waals surface area contributed by atoms with Gasteiger partial charge in [0.15, 0.2) is 11.5 Å². The quantitative estimate of drug-likeness (QED) is 0.387. The highest BCUT2D eigenvalue weighted by Crippen LogP contribution is 2.37. The van der Waals surface area contributed by atoms with Crippen molar-refractivity contribution in [2.45, 2.75) is 25.8 Å². The van der Waals surface area contributed by atoms with E-state index in [9.17, 15) is 8.78 Å². The predicted molar refractivity (Wildman–Crippen MR) is 118 cm³/mol. The highest BCUT2D eigenvalue weighted by Gasteiger charge is 2.30. The first-order chi connectivity index (χ1) is 15.5. The van der Waals surface area contributed by atoms with Crippen LogP contribution in [-0.2, 0) is 0 Å². The Morgan fingerprint density at radius 1 is 1.22 bits per heavy atom. The molecular weight excluding hydrogens is 412 g/mol. The second kappa shape index (κ2) is 7.99. The van der Waals surface area contributed by atoms with Gasteiger partial charge in [0, 0.05) is 24.5 Å². The van der Waals surface area contributed by atoms with Crippen LogP contribution in [0.25, 0.3) is 5.65 Å². The van der Waals surface area contributed by atoms with Gasteiger partial charge in [0.2, 0.25) is 0 Å². The van der Waals surface area contributed by atoms with Crippen molar-refractivity contribution in [1.29, 1.82) is 0 Å². The van der Waals surface area contributed by atoms with Crippen molar-refractivity contribution in [3.63, 3.8) is 0 Å². The third kappa shape index (κ3) is 3.55. The molecule has 0 amide bonds. The molecule has 1 fully saturated rings. The normalized spacial score (nSPS) is 16.8. The highest BCUT2D eigenvalue weighted by molar-refractivity contribution is 5.99. The Labute approximate surface area is 183 Å². The second-order valence-corrected chi connectivity index (χ2v) is 7.77. The van der Waals surface area contributed by atoms with E-state index in [4.69, 9.17) is 10.7 Å². The number of amidine groups is 1. The minimum Gasteiger partial charge on any atom is -0.382 e. The number of aliphatic imine (C=N–C) groups is 1. The molecule has 1 aromatic carbocycles. The topological polar surface area (TPSA) is 84.7 Å². The maximum atomic E-state index is 14.4. The average Bonchev–Trinajstić information content (AvgIpc) is 3.43. The lowest BCUT2D eigenvalue weighted by Gasteiger charge is -2.26. The number of anilines is 1. The van der Waals surface area contributed by atoms with E-state index in [1.807, 2.05) is 30.0 Å². The monoisotopic (exact) mass is 433 g/mol. The van der Waals surface area contributed by atoms with Crippen LogP contribution >= 0.6 is 0 Å². The number of halogens is 2. The fraction of sp³-hybridized carbons (Fsp3) is 0.217. The summed E-state index contributed by atoms with van der Waals surface area (Å²) in [6, 6.07) is 8.84. The van der Waals surface area contributed by atoms with Crippen molar-refractivity contribution >= 4 is 23.0 Å². The van der Waals surface area contributed by atoms with Gasteiger partial charge in [-0.2, -0.15) is 5.10 Å². The highest BCUT2D eigenvalue weighted by atomic mass is 19.1. The zero-order valence-corrected chi connectivity index (χ0v) is 17.4. The maximum absolute atomic E-state index is 14.4. The molecule has 9 heteroatoms. The molecule has 0 radical (unpaired) electrons. The van der Waals surface area contributed by atoms with Crippen LogP contribution in [0.15, 0.2) is 60.0 Å². The number of benzene rings is 1. The van der Waals surface area contributed by atoms with E-state index < -0.39 is 11.6 Å². The van der Waals surface area contributed by atoms with Crippen LogP contribution in [-0.4, -0.2) is 32.0 Å². The first-order valence-corrected chi connectivity index (χ1v) is 10.3. The van der Waals surface area contributed by atoms with Crippen LogP contribution in [0.3, 0.4) is 0 Å². The van der Waals surface area contributed by atoms with Gasteiger partial charge in [-0.1, -0.05) is 6.07 Å². The van der Waals surface area contributed by atoms with Gasteiger partial charge in [0.1, 0.15) is 28.8 Å². The first kappa shape index (κ1) is 20.0. The summed E-state index contributed by atoms with van der Waals surface area (Å²) in [4.78, 5) is 15.5. The van der Waals surface area contributed by atoms with Gasteiger partial charge in [0.25, 0.3) is 0 Å². The maximum Gasteiger partial charge on any atom is 0.183 e. The Morgan fingerprint density at radius 2 is 2.09 bits per heavy atom. The van der Waals surface area contributed by atoms with Crippen molar-refractivity contribution in [1.82, 2.24) is 19.6 Å². The predicted octanol–water partition coefficient (Wildman–Crippen LogP) is 4.09. The minimum absolute atomic E-state index is 0.270. The molecule has 0 unspecified atom stereocenters. The van der Waals surface area contributed by atoms with E-state index in [0.717, 1.165) is 18.1 Å². The van der Waals surface area contributed by atoms with Gasteiger partial charge in [-0.3, -0.25) is 4.98 Å². The summed E-state index contributed by atoms with van der Waals surface area (Å²) in [5.74, 6) is 0.0428. The van der Waals surface area contributed by atoms with E-state index in [1.165, 1.54) is 12.1 Å². The van der Waals surface area contributed by atoms with Crippen LogP contribution in [0.2, 0.25) is 0 Å². The molecule has 1 aliphatic heterocycles. The minimum atomic E-state index is -0.454. The smallest absolute Gasteiger partial charge is 0.183 e. The number of nitrogens with two attached hydrogens (primary N) is 1. The summed E-state index contributed by atoms with van der Waals surface area (Å²) >= 11 is 0. The summed E-state index contributed by atoms with van der Waals surface area (Å²) in [7, 11) is 0. The van der Waals surface area contributed by atoms with E-state index >= 15 is 0 Å². The Morgan fingerprint density at radius 3 is 2.94 bits per heavy atom. The number of rotatable bonds is 4. The molecule has 5 rings (SSSR count). The molecule has 0 spiro atoms. The molecule has 0 saturated carbocycles. The Kier molecular flexibility index (Phi) is 5.01. The van der Waals surface area contributed by atoms with Crippen molar-refractivity contribution in [3.05, 3.63) is 83.4 Å². The molecule has 0 bridgehead atoms. The molecule has 3 aromatic heterocycles. The zero-order valence-electron chi connectivity index (χ0n) is 17.4. The fourth-order valence-electron chi connectivity index (χ4n) is 4.16. The van der Waals surface area contributed by atoms with Crippen molar-refractivity contribution in [3.8, 4) is 0 Å². The average molecular weight is 433 g/mol. The number of hydrogen-bond acceptors (Lipinski definition) is 5. The lowest BCUT2D eigenvalue weighted by atomic mass is 10.0. The van der Waals surface area contributed by atoms with Crippen LogP contribution in [0.1, 0.15) is 35.7 Å². The summed E-state index contributed by atoms with van der Waals surface area (Å²) in [6.07, 6.45) is 6.59. The molecule has 4 aromatic rings. The number of nitrogens with zero attached hydrogens (tertiary/aromatic N) is 6. The van der Waals surface area contributed by atoms with E-state index in [1.54, 1.807) is 23.1 Å². The molecule has 0 aliphatic carbocycles. The zero-order chi connectivity index (χ0) is 22.2. The van der Waals surface area contributed by atoms with Crippen LogP contribution < -0.4 is 10.6 Å². The van der Waals surface area contributed by atoms with Gasteiger partial charge in [-0.15, -0.1) is 0 Å². The third-order valence-corrected chi connectivity index (χ3v) is 5.69. The molecule has 2 N–H and O–H groups in total. The summed E-state index contributed by atoms with van der Waals surface area (Å²) in [5, 5.41) is 4.30. The number of fused-ring (bicyclic) bond motifs is 1. The molecular formula is C23H21F2N7. The molecule has 1 atom stereocenters. The van der Waals surface area contributed by atoms with Crippen LogP contribution in [0.5, 0.6) is 0 Å². The van der Waals surface area contributed by atoms with Crippen LogP contribution in [0.4, 0.5) is 20.3 Å². The standard InChI is InChI=1S/C23H21F2N7/c1-14-4-2-9-27-21(14)22(26)29-18-13-28-32-11-8-20(30-23(18)32)31-10-3-5-19(31)16-12-15(24)6-7-17(16)25/h2,4,6-9,11-13,19H,3,5,10H2,1H3,(H2,26,29)/t19-/m1/s1. The molecule has 162 valence electrons. The molecule has 1 saturated heterocycles.